The maximum absolute atomic E-state index is 13.3. The second-order valence-corrected chi connectivity index (χ2v) is 23.2. The molecule has 1 amide bonds. The Bertz CT molecular complexity index is 1460. The van der Waals surface area contributed by atoms with E-state index in [1.165, 1.54) is 193 Å². The van der Waals surface area contributed by atoms with Gasteiger partial charge in [-0.05, 0) is 51.4 Å². The van der Waals surface area contributed by atoms with Crippen LogP contribution in [0.25, 0.3) is 0 Å². The van der Waals surface area contributed by atoms with Crippen molar-refractivity contribution < 1.29 is 64.6 Å². The molecule has 0 saturated carbocycles. The lowest BCUT2D eigenvalue weighted by atomic mass is 9.97. The molecule has 0 aromatic carbocycles. The van der Waals surface area contributed by atoms with Crippen LogP contribution in [0, 0.1) is 0 Å². The predicted octanol–water partition coefficient (Wildman–Crippen LogP) is 12.2. The average molecular weight is 1120 g/mol. The standard InChI is InChI=1S/C65H121NO13/c1-3-5-7-9-11-13-15-17-19-21-22-23-24-25-26-27-28-29-30-31-33-34-36-38-40-42-44-46-48-54(69)53(66-57(70)49-47-45-43-41-39-37-35-32-20-18-16-14-12-10-8-6-4-2)52-76-64-62(75)60(73)63(56(51-68)78-64)79-65-61(74)59(72)58(71)55(50-67)77-65/h12,14,18,20,46,48,53-56,58-65,67-69,71-75H,3-11,13,15-17,19,21-45,47,49-52H2,1-2H3,(H,66,70)/b14-12-,20-18-,48-46+. The van der Waals surface area contributed by atoms with Crippen molar-refractivity contribution in [3.8, 4) is 0 Å². The van der Waals surface area contributed by atoms with Gasteiger partial charge in [0.05, 0.1) is 32.0 Å². The molecular formula is C65H121NO13. The van der Waals surface area contributed by atoms with E-state index in [-0.39, 0.29) is 18.9 Å². The molecule has 0 aliphatic carbocycles. The van der Waals surface area contributed by atoms with E-state index >= 15 is 0 Å². The molecular weight excluding hydrogens is 1000 g/mol. The van der Waals surface area contributed by atoms with Crippen LogP contribution in [0.2, 0.25) is 0 Å². The number of aliphatic hydroxyl groups excluding tert-OH is 8. The minimum atomic E-state index is -1.79. The predicted molar refractivity (Wildman–Crippen MR) is 318 cm³/mol. The molecule has 9 N–H and O–H groups in total. The van der Waals surface area contributed by atoms with Crippen LogP contribution >= 0.6 is 0 Å². The van der Waals surface area contributed by atoms with Crippen LogP contribution < -0.4 is 5.32 Å². The molecule has 464 valence electrons. The number of aliphatic hydroxyl groups is 8. The SMILES string of the molecule is CCCCC/C=C\C/C=C\CCCCCCCCCC(=O)NC(COC1OC(CO)C(OC2OC(CO)C(O)C(O)C2O)C(O)C1O)C(O)/C=C/CCCCCCCCCCCCCCCCCCCCCCCCCCCC. The van der Waals surface area contributed by atoms with Gasteiger partial charge in [-0.2, -0.15) is 0 Å². The van der Waals surface area contributed by atoms with Gasteiger partial charge in [-0.15, -0.1) is 0 Å². The quantitative estimate of drug-likeness (QED) is 0.0204. The van der Waals surface area contributed by atoms with Crippen LogP contribution in [0.4, 0.5) is 0 Å². The van der Waals surface area contributed by atoms with Crippen LogP contribution in [0.15, 0.2) is 36.5 Å². The number of unbranched alkanes of at least 4 members (excludes halogenated alkanes) is 36. The molecule has 0 bridgehead atoms. The van der Waals surface area contributed by atoms with Crippen molar-refractivity contribution in [3.63, 3.8) is 0 Å². The summed E-state index contributed by atoms with van der Waals surface area (Å²) in [4.78, 5) is 13.3. The van der Waals surface area contributed by atoms with Crippen LogP contribution in [0.5, 0.6) is 0 Å². The van der Waals surface area contributed by atoms with E-state index in [1.54, 1.807) is 6.08 Å². The minimum Gasteiger partial charge on any atom is -0.394 e. The van der Waals surface area contributed by atoms with Crippen molar-refractivity contribution in [3.05, 3.63) is 36.5 Å². The molecule has 12 atom stereocenters. The molecule has 2 saturated heterocycles. The second kappa shape index (κ2) is 50.7. The largest absolute Gasteiger partial charge is 0.394 e. The molecule has 14 heteroatoms. The number of hydrogen-bond acceptors (Lipinski definition) is 13. The summed E-state index contributed by atoms with van der Waals surface area (Å²) >= 11 is 0. The molecule has 0 radical (unpaired) electrons. The van der Waals surface area contributed by atoms with Gasteiger partial charge in [0, 0.05) is 6.42 Å². The third kappa shape index (κ3) is 35.8. The van der Waals surface area contributed by atoms with E-state index in [1.807, 2.05) is 6.08 Å². The molecule has 0 aromatic heterocycles. The van der Waals surface area contributed by atoms with Gasteiger partial charge in [0.2, 0.25) is 5.91 Å². The zero-order valence-corrected chi connectivity index (χ0v) is 50.1. The van der Waals surface area contributed by atoms with Crippen LogP contribution in [0.1, 0.15) is 277 Å². The van der Waals surface area contributed by atoms with E-state index < -0.39 is 86.8 Å². The summed E-state index contributed by atoms with van der Waals surface area (Å²) in [5, 5.41) is 87.2. The highest BCUT2D eigenvalue weighted by atomic mass is 16.7. The Hall–Kier alpha value is -1.79. The Morgan fingerprint density at radius 3 is 1.29 bits per heavy atom. The molecule has 2 heterocycles. The first-order valence-corrected chi connectivity index (χ1v) is 32.7. The molecule has 2 aliphatic heterocycles. The summed E-state index contributed by atoms with van der Waals surface area (Å²) in [6, 6.07) is -0.919. The number of carbonyl (C=O) groups is 1. The zero-order valence-electron chi connectivity index (χ0n) is 50.1. The summed E-state index contributed by atoms with van der Waals surface area (Å²) in [6.45, 7) is 2.80. The first-order chi connectivity index (χ1) is 38.6. The van der Waals surface area contributed by atoms with Gasteiger partial charge < -0.3 is 65.1 Å². The lowest BCUT2D eigenvalue weighted by molar-refractivity contribution is -0.359. The molecule has 79 heavy (non-hydrogen) atoms. The smallest absolute Gasteiger partial charge is 0.220 e. The molecule has 14 nitrogen and oxygen atoms in total. The first-order valence-electron chi connectivity index (χ1n) is 32.7. The van der Waals surface area contributed by atoms with Gasteiger partial charge in [0.15, 0.2) is 12.6 Å². The van der Waals surface area contributed by atoms with E-state index in [9.17, 15) is 45.6 Å². The number of hydrogen-bond donors (Lipinski definition) is 9. The monoisotopic (exact) mass is 1120 g/mol. The number of carbonyl (C=O) groups excluding carboxylic acids is 1. The van der Waals surface area contributed by atoms with Crippen molar-refractivity contribution in [2.24, 2.45) is 0 Å². The molecule has 12 unspecified atom stereocenters. The lowest BCUT2D eigenvalue weighted by Crippen LogP contribution is -2.65. The van der Waals surface area contributed by atoms with Gasteiger partial charge >= 0.3 is 0 Å². The highest BCUT2D eigenvalue weighted by molar-refractivity contribution is 5.76. The van der Waals surface area contributed by atoms with Crippen LogP contribution in [-0.4, -0.2) is 140 Å². The Morgan fingerprint density at radius 1 is 0.456 bits per heavy atom. The summed E-state index contributed by atoms with van der Waals surface area (Å²) < 4.78 is 22.8. The summed E-state index contributed by atoms with van der Waals surface area (Å²) in [5.74, 6) is -0.245. The number of amides is 1. The van der Waals surface area contributed by atoms with Crippen molar-refractivity contribution in [2.75, 3.05) is 19.8 Å². The van der Waals surface area contributed by atoms with Crippen molar-refractivity contribution in [1.82, 2.24) is 5.32 Å². The average Bonchev–Trinajstić information content (AvgIpc) is 3.47. The number of ether oxygens (including phenoxy) is 4. The fraction of sp³-hybridized carbons (Fsp3) is 0.892. The van der Waals surface area contributed by atoms with Gasteiger partial charge in [-0.1, -0.05) is 256 Å². The van der Waals surface area contributed by atoms with Crippen molar-refractivity contribution >= 4 is 5.91 Å². The number of nitrogens with one attached hydrogen (secondary N) is 1. The maximum Gasteiger partial charge on any atom is 0.220 e. The van der Waals surface area contributed by atoms with E-state index in [0.29, 0.717) is 6.42 Å². The molecule has 2 aliphatic rings. The van der Waals surface area contributed by atoms with Gasteiger partial charge in [0.1, 0.15) is 48.8 Å². The Morgan fingerprint density at radius 2 is 0.835 bits per heavy atom. The van der Waals surface area contributed by atoms with E-state index in [4.69, 9.17) is 18.9 Å². The second-order valence-electron chi connectivity index (χ2n) is 23.2. The third-order valence-corrected chi connectivity index (χ3v) is 16.1. The van der Waals surface area contributed by atoms with Crippen molar-refractivity contribution in [1.29, 1.82) is 0 Å². The first kappa shape index (κ1) is 73.3. The van der Waals surface area contributed by atoms with Gasteiger partial charge in [0.25, 0.3) is 0 Å². The summed E-state index contributed by atoms with van der Waals surface area (Å²) in [7, 11) is 0. The molecule has 0 spiro atoms. The Kier molecular flexibility index (Phi) is 47.0. The fourth-order valence-corrected chi connectivity index (χ4v) is 10.8. The maximum atomic E-state index is 13.3. The normalized spacial score (nSPS) is 24.6. The highest BCUT2D eigenvalue weighted by Gasteiger charge is 2.51. The summed E-state index contributed by atoms with van der Waals surface area (Å²) in [6.07, 6.45) is 46.2. The molecule has 2 fully saturated rings. The van der Waals surface area contributed by atoms with Gasteiger partial charge in [-0.25, -0.2) is 0 Å². The molecule has 2 rings (SSSR count). The zero-order chi connectivity index (χ0) is 57.4. The van der Waals surface area contributed by atoms with Crippen LogP contribution in [0.3, 0.4) is 0 Å². The van der Waals surface area contributed by atoms with E-state index in [0.717, 1.165) is 57.8 Å². The highest BCUT2D eigenvalue weighted by Crippen LogP contribution is 2.30. The fourth-order valence-electron chi connectivity index (χ4n) is 10.8. The third-order valence-electron chi connectivity index (χ3n) is 16.1. The Labute approximate surface area is 481 Å². The van der Waals surface area contributed by atoms with Gasteiger partial charge in [-0.3, -0.25) is 4.79 Å². The van der Waals surface area contributed by atoms with Crippen LogP contribution in [-0.2, 0) is 23.7 Å². The number of rotatable bonds is 53. The molecule has 0 aromatic rings. The lowest BCUT2D eigenvalue weighted by Gasteiger charge is -2.46. The van der Waals surface area contributed by atoms with Crippen molar-refractivity contribution in [2.45, 2.75) is 351 Å². The topological polar surface area (TPSA) is 228 Å². The van der Waals surface area contributed by atoms with E-state index in [2.05, 4.69) is 43.5 Å². The Balaban J connectivity index is 1.70. The number of allylic oxidation sites excluding steroid dienone is 5. The summed E-state index contributed by atoms with van der Waals surface area (Å²) in [5.41, 5.74) is 0. The minimum absolute atomic E-state index is 0.245.